The monoisotopic (exact) mass is 845 g/mol. The van der Waals surface area contributed by atoms with Gasteiger partial charge in [-0.25, -0.2) is 9.59 Å². The first-order valence-corrected chi connectivity index (χ1v) is 21.9. The fraction of sp³-hybridized carbons (Fsp3) is 0.489. The van der Waals surface area contributed by atoms with Crippen molar-refractivity contribution < 1.29 is 39.0 Å². The average Bonchev–Trinajstić information content (AvgIpc) is 3.53. The molecule has 15 heteroatoms. The lowest BCUT2D eigenvalue weighted by Crippen LogP contribution is -2.72. The van der Waals surface area contributed by atoms with Crippen molar-refractivity contribution in [1.82, 2.24) is 20.4 Å². The summed E-state index contributed by atoms with van der Waals surface area (Å²) in [6.07, 6.45) is 3.04. The van der Waals surface area contributed by atoms with Crippen LogP contribution in [0.3, 0.4) is 0 Å². The molecule has 0 spiro atoms. The Morgan fingerprint density at radius 3 is 1.31 bits per heavy atom. The number of benzene rings is 3. The molecule has 6 amide bonds. The van der Waals surface area contributed by atoms with Crippen LogP contribution in [0.15, 0.2) is 72.8 Å². The summed E-state index contributed by atoms with van der Waals surface area (Å²) in [5.41, 5.74) is 11.1. The summed E-state index contributed by atoms with van der Waals surface area (Å²) >= 11 is 0. The zero-order valence-electron chi connectivity index (χ0n) is 35.1. The standard InChI is InChI=1S/C47H55N7O8/c1-44(25-38(48)55)29-11-15-31(16-12-29)46(44,40(57)50-42(59)60)52-23-3-5-34(52)36-21-22-37(54(36)33-19-9-28(10-20-33)27-7-8-27)35-6-4-24-53(35)47(41(58)51-43(61)62)32-17-13-30(14-18-32)45(47,2)26-39(49)56/h9-20,27,34-37H,3-8,21-26H2,1-2H3,(H2,48,55)(H2,49,56)(H,50,57)(H,51,58)(H,59,60)(H,61,62)/t34?,35?,36-,37-,44?,45?,46-,47-/m1/s1. The number of hydrogen-bond acceptors (Lipinski definition) is 9. The number of likely N-dealkylation sites (tertiary alicyclic amines) is 2. The third-order valence-corrected chi connectivity index (χ3v) is 15.7. The molecule has 326 valence electrons. The molecule has 8 N–H and O–H groups in total. The fourth-order valence-electron chi connectivity index (χ4n) is 13.3. The van der Waals surface area contributed by atoms with Crippen LogP contribution in [0.1, 0.15) is 112 Å². The lowest BCUT2D eigenvalue weighted by molar-refractivity contribution is -0.144. The molecule has 8 atom stereocenters. The van der Waals surface area contributed by atoms with Gasteiger partial charge in [0, 0.05) is 53.5 Å². The molecule has 11 rings (SSSR count). The Bertz CT molecular complexity index is 2200. The van der Waals surface area contributed by atoms with Gasteiger partial charge in [-0.15, -0.1) is 0 Å². The van der Waals surface area contributed by atoms with Gasteiger partial charge in [0.15, 0.2) is 0 Å². The van der Waals surface area contributed by atoms with Crippen molar-refractivity contribution in [2.24, 2.45) is 11.5 Å². The second-order valence-corrected chi connectivity index (χ2v) is 18.8. The van der Waals surface area contributed by atoms with E-state index >= 15 is 0 Å². The maximum Gasteiger partial charge on any atom is 0.411 e. The highest BCUT2D eigenvalue weighted by atomic mass is 16.4. The number of nitrogens with zero attached hydrogens (tertiary/aromatic N) is 3. The number of anilines is 1. The topological polar surface area (TPSA) is 229 Å². The van der Waals surface area contributed by atoms with Crippen LogP contribution < -0.4 is 27.0 Å². The number of carbonyl (C=O) groups excluding carboxylic acids is 4. The zero-order chi connectivity index (χ0) is 43.9. The average molecular weight is 846 g/mol. The van der Waals surface area contributed by atoms with Crippen LogP contribution in [0.2, 0.25) is 0 Å². The Morgan fingerprint density at radius 2 is 0.952 bits per heavy atom. The van der Waals surface area contributed by atoms with Crippen molar-refractivity contribution in [2.75, 3.05) is 18.0 Å². The molecular weight excluding hydrogens is 791 g/mol. The van der Waals surface area contributed by atoms with Crippen molar-refractivity contribution in [3.8, 4) is 0 Å². The van der Waals surface area contributed by atoms with E-state index in [0.717, 1.165) is 18.5 Å². The lowest BCUT2D eigenvalue weighted by atomic mass is 9.56. The first-order chi connectivity index (χ1) is 29.6. The van der Waals surface area contributed by atoms with Crippen LogP contribution in [-0.2, 0) is 41.1 Å². The van der Waals surface area contributed by atoms with Gasteiger partial charge in [0.05, 0.1) is 0 Å². The third-order valence-electron chi connectivity index (χ3n) is 15.7. The number of imide groups is 2. The summed E-state index contributed by atoms with van der Waals surface area (Å²) in [6.45, 7) is 4.57. The highest BCUT2D eigenvalue weighted by molar-refractivity contribution is 6.01. The second kappa shape index (κ2) is 14.9. The molecule has 3 aliphatic heterocycles. The van der Waals surface area contributed by atoms with Crippen LogP contribution in [0.4, 0.5) is 15.3 Å². The summed E-state index contributed by atoms with van der Waals surface area (Å²) in [5.74, 6) is -2.17. The van der Waals surface area contributed by atoms with E-state index < -0.39 is 57.7 Å². The number of amides is 6. The molecule has 5 aliphatic carbocycles. The Hall–Kier alpha value is -5.80. The molecule has 4 unspecified atom stereocenters. The van der Waals surface area contributed by atoms with E-state index in [-0.39, 0.29) is 37.0 Å². The van der Waals surface area contributed by atoms with Crippen LogP contribution in [0.25, 0.3) is 0 Å². The van der Waals surface area contributed by atoms with E-state index in [4.69, 9.17) is 11.5 Å². The van der Waals surface area contributed by atoms with Gasteiger partial charge in [-0.05, 0) is 110 Å². The molecule has 4 bridgehead atoms. The first kappa shape index (κ1) is 41.5. The normalized spacial score (nSPS) is 32.5. The number of primary amides is 2. The minimum atomic E-state index is -1.59. The summed E-state index contributed by atoms with van der Waals surface area (Å²) in [6, 6.07) is 22.5. The Balaban J connectivity index is 1.18. The third kappa shape index (κ3) is 5.98. The molecular formula is C47H55N7O8. The van der Waals surface area contributed by atoms with E-state index in [2.05, 4.69) is 49.6 Å². The summed E-state index contributed by atoms with van der Waals surface area (Å²) in [5, 5.41) is 24.5. The van der Waals surface area contributed by atoms with Crippen LogP contribution in [-0.4, -0.2) is 93.1 Å². The number of rotatable bonds is 12. The Kier molecular flexibility index (Phi) is 10.0. The van der Waals surface area contributed by atoms with Crippen molar-refractivity contribution >= 4 is 41.5 Å². The zero-order valence-corrected chi connectivity index (χ0v) is 35.1. The molecule has 4 fully saturated rings. The van der Waals surface area contributed by atoms with E-state index in [0.29, 0.717) is 79.8 Å². The highest BCUT2D eigenvalue weighted by Crippen LogP contribution is 2.58. The smallest absolute Gasteiger partial charge is 0.411 e. The maximum absolute atomic E-state index is 14.9. The fourth-order valence-corrected chi connectivity index (χ4v) is 13.3. The highest BCUT2D eigenvalue weighted by Gasteiger charge is 2.67. The van der Waals surface area contributed by atoms with Crippen molar-refractivity contribution in [3.05, 3.63) is 101 Å². The SMILES string of the molecule is CC1(CC(N)=O)c2ccc(cc2)[C@]1(C(=O)NC(=O)O)N1CCCC1[C@H]1CC[C@H](C2CCCN2[C@@]2(C(=O)NC(=O)O)c3ccc(cc3)C2(C)CC(N)=O)N1c1ccc(C2CC2)cc1. The van der Waals surface area contributed by atoms with E-state index in [9.17, 15) is 39.0 Å². The quantitative estimate of drug-likeness (QED) is 0.149. The minimum absolute atomic E-state index is 0.196. The number of hydrogen-bond donors (Lipinski definition) is 6. The van der Waals surface area contributed by atoms with Crippen LogP contribution >= 0.6 is 0 Å². The Labute approximate surface area is 360 Å². The van der Waals surface area contributed by atoms with Gasteiger partial charge in [-0.2, -0.15) is 0 Å². The molecule has 3 heterocycles. The molecule has 3 aromatic rings. The second-order valence-electron chi connectivity index (χ2n) is 18.8. The summed E-state index contributed by atoms with van der Waals surface area (Å²) < 4.78 is 0. The van der Waals surface area contributed by atoms with Gasteiger partial charge >= 0.3 is 12.2 Å². The summed E-state index contributed by atoms with van der Waals surface area (Å²) in [4.78, 5) is 87.0. The molecule has 8 aliphatic rings. The summed E-state index contributed by atoms with van der Waals surface area (Å²) in [7, 11) is 0. The number of nitrogens with two attached hydrogens (primary N) is 2. The molecule has 62 heavy (non-hydrogen) atoms. The van der Waals surface area contributed by atoms with Gasteiger partial charge in [0.2, 0.25) is 11.8 Å². The van der Waals surface area contributed by atoms with Crippen molar-refractivity contribution in [1.29, 1.82) is 0 Å². The first-order valence-electron chi connectivity index (χ1n) is 21.9. The Morgan fingerprint density at radius 1 is 0.565 bits per heavy atom. The molecule has 15 nitrogen and oxygen atoms in total. The van der Waals surface area contributed by atoms with Crippen molar-refractivity contribution in [2.45, 2.75) is 130 Å². The molecule has 1 saturated carbocycles. The van der Waals surface area contributed by atoms with E-state index in [1.165, 1.54) is 5.56 Å². The number of nitrogens with one attached hydrogen (secondary N) is 2. The van der Waals surface area contributed by atoms with E-state index in [1.807, 2.05) is 62.4 Å². The lowest BCUT2D eigenvalue weighted by Gasteiger charge is -2.58. The minimum Gasteiger partial charge on any atom is -0.465 e. The van der Waals surface area contributed by atoms with Gasteiger partial charge in [-0.1, -0.05) is 74.5 Å². The van der Waals surface area contributed by atoms with Crippen molar-refractivity contribution in [3.63, 3.8) is 0 Å². The largest absolute Gasteiger partial charge is 0.465 e. The van der Waals surface area contributed by atoms with E-state index in [1.54, 1.807) is 0 Å². The van der Waals surface area contributed by atoms with Crippen LogP contribution in [0, 0.1) is 0 Å². The predicted molar refractivity (Wildman–Crippen MR) is 228 cm³/mol. The number of fused-ring (bicyclic) bond motifs is 6. The van der Waals surface area contributed by atoms with Gasteiger partial charge in [0.1, 0.15) is 11.1 Å². The molecule has 0 radical (unpaired) electrons. The molecule has 3 saturated heterocycles. The van der Waals surface area contributed by atoms with Gasteiger partial charge in [0.25, 0.3) is 11.8 Å². The molecule has 3 aromatic carbocycles. The van der Waals surface area contributed by atoms with Crippen LogP contribution in [0.5, 0.6) is 0 Å². The number of carbonyl (C=O) groups is 6. The predicted octanol–water partition coefficient (Wildman–Crippen LogP) is 4.50. The number of carboxylic acid groups (broad SMARTS) is 2. The molecule has 0 aromatic heterocycles. The van der Waals surface area contributed by atoms with Gasteiger partial charge < -0.3 is 26.6 Å². The maximum atomic E-state index is 14.9. The van der Waals surface area contributed by atoms with Gasteiger partial charge in [-0.3, -0.25) is 39.6 Å².